The molecule has 15 heavy (non-hydrogen) atoms. The zero-order valence-electron chi connectivity index (χ0n) is 9.23. The van der Waals surface area contributed by atoms with Gasteiger partial charge in [-0.25, -0.2) is 0 Å². The van der Waals surface area contributed by atoms with Crippen LogP contribution < -0.4 is 0 Å². The fourth-order valence-electron chi connectivity index (χ4n) is 1.17. The summed E-state index contributed by atoms with van der Waals surface area (Å²) in [5, 5.41) is 9.53. The molecule has 0 fully saturated rings. The van der Waals surface area contributed by atoms with Crippen LogP contribution in [0.25, 0.3) is 0 Å². The first-order chi connectivity index (χ1) is 7.04. The molecule has 1 rings (SSSR count). The van der Waals surface area contributed by atoms with Gasteiger partial charge in [-0.15, -0.1) is 11.8 Å². The number of hydrogen-bond donors (Lipinski definition) is 1. The van der Waals surface area contributed by atoms with E-state index in [0.29, 0.717) is 0 Å². The van der Waals surface area contributed by atoms with Crippen molar-refractivity contribution in [2.45, 2.75) is 37.0 Å². The molecule has 2 atom stereocenters. The summed E-state index contributed by atoms with van der Waals surface area (Å²) in [6.45, 7) is 5.68. The Kier molecular flexibility index (Phi) is 4.36. The molecular weight excluding hydrogens is 208 g/mol. The van der Waals surface area contributed by atoms with E-state index >= 15 is 0 Å². The average Bonchev–Trinajstić information content (AvgIpc) is 2.18. The fourth-order valence-corrected chi connectivity index (χ4v) is 2.18. The van der Waals surface area contributed by atoms with Gasteiger partial charge in [0.15, 0.2) is 0 Å². The molecule has 1 N–H and O–H groups in total. The van der Waals surface area contributed by atoms with Crippen LogP contribution in [0.2, 0.25) is 0 Å². The minimum Gasteiger partial charge on any atom is -0.392 e. The third kappa shape index (κ3) is 3.36. The molecule has 0 spiro atoms. The van der Waals surface area contributed by atoms with Crippen molar-refractivity contribution in [2.75, 3.05) is 0 Å². The Labute approximate surface area is 94.7 Å². The van der Waals surface area contributed by atoms with Crippen molar-refractivity contribution in [2.24, 2.45) is 0 Å². The van der Waals surface area contributed by atoms with Gasteiger partial charge in [0.25, 0.3) is 0 Å². The molecule has 0 bridgehead atoms. The molecule has 1 aromatic carbocycles. The van der Waals surface area contributed by atoms with Crippen LogP contribution in [0, 0.1) is 6.92 Å². The van der Waals surface area contributed by atoms with Crippen LogP contribution >= 0.6 is 11.8 Å². The first-order valence-corrected chi connectivity index (χ1v) is 5.83. The molecule has 3 heteroatoms. The molecule has 1 aromatic rings. The van der Waals surface area contributed by atoms with Crippen LogP contribution in [0.1, 0.15) is 29.8 Å². The minimum atomic E-state index is -0.332. The molecule has 82 valence electrons. The highest BCUT2D eigenvalue weighted by Crippen LogP contribution is 2.26. The van der Waals surface area contributed by atoms with E-state index in [2.05, 4.69) is 0 Å². The van der Waals surface area contributed by atoms with Crippen molar-refractivity contribution in [3.63, 3.8) is 0 Å². The molecule has 0 aliphatic rings. The number of aliphatic hydroxyl groups excluding tert-OH is 1. The zero-order valence-corrected chi connectivity index (χ0v) is 10.0. The third-order valence-corrected chi connectivity index (χ3v) is 3.66. The molecule has 0 aliphatic carbocycles. The van der Waals surface area contributed by atoms with E-state index in [4.69, 9.17) is 0 Å². The van der Waals surface area contributed by atoms with Gasteiger partial charge in [0.05, 0.1) is 6.10 Å². The van der Waals surface area contributed by atoms with Gasteiger partial charge in [0.2, 0.25) is 0 Å². The van der Waals surface area contributed by atoms with Crippen LogP contribution in [-0.4, -0.2) is 22.7 Å². The summed E-state index contributed by atoms with van der Waals surface area (Å²) in [6.07, 6.45) is 0.531. The molecule has 0 radical (unpaired) electrons. The largest absolute Gasteiger partial charge is 0.392 e. The first kappa shape index (κ1) is 12.3. The summed E-state index contributed by atoms with van der Waals surface area (Å²) in [4.78, 5) is 11.7. The van der Waals surface area contributed by atoms with E-state index in [1.807, 2.05) is 32.0 Å². The maximum atomic E-state index is 10.6. The van der Waals surface area contributed by atoms with Gasteiger partial charge in [-0.2, -0.15) is 0 Å². The normalized spacial score (nSPS) is 14.7. The quantitative estimate of drug-likeness (QED) is 0.631. The van der Waals surface area contributed by atoms with Crippen molar-refractivity contribution in [1.29, 1.82) is 0 Å². The lowest BCUT2D eigenvalue weighted by atomic mass is 10.1. The lowest BCUT2D eigenvalue weighted by Gasteiger charge is -2.14. The maximum absolute atomic E-state index is 10.6. The molecule has 0 saturated heterocycles. The van der Waals surface area contributed by atoms with Crippen molar-refractivity contribution < 1.29 is 9.90 Å². The maximum Gasteiger partial charge on any atom is 0.150 e. The predicted octanol–water partition coefficient (Wildman–Crippen LogP) is 2.67. The smallest absolute Gasteiger partial charge is 0.150 e. The molecule has 0 aliphatic heterocycles. The highest BCUT2D eigenvalue weighted by molar-refractivity contribution is 8.00. The number of benzene rings is 1. The molecule has 0 amide bonds. The number of carbonyl (C=O) groups is 1. The van der Waals surface area contributed by atoms with Gasteiger partial charge in [-0.3, -0.25) is 4.79 Å². The van der Waals surface area contributed by atoms with Crippen molar-refractivity contribution in [1.82, 2.24) is 0 Å². The summed E-state index contributed by atoms with van der Waals surface area (Å²) < 4.78 is 0. The van der Waals surface area contributed by atoms with Gasteiger partial charge < -0.3 is 5.11 Å². The van der Waals surface area contributed by atoms with Crippen LogP contribution in [0.3, 0.4) is 0 Å². The molecule has 2 nitrogen and oxygen atoms in total. The fraction of sp³-hybridized carbons (Fsp3) is 0.417. The van der Waals surface area contributed by atoms with E-state index in [1.54, 1.807) is 18.7 Å². The molecule has 0 saturated carbocycles. The Morgan fingerprint density at radius 1 is 1.40 bits per heavy atom. The SMILES string of the molecule is Cc1cc(SC(C)C(C)O)ccc1C=O. The second-order valence-corrected chi connectivity index (χ2v) is 5.15. The minimum absolute atomic E-state index is 0.159. The Balaban J connectivity index is 2.79. The topological polar surface area (TPSA) is 37.3 Å². The van der Waals surface area contributed by atoms with Crippen LogP contribution in [0.4, 0.5) is 0 Å². The van der Waals surface area contributed by atoms with E-state index in [-0.39, 0.29) is 11.4 Å². The van der Waals surface area contributed by atoms with Crippen LogP contribution in [-0.2, 0) is 0 Å². The highest BCUT2D eigenvalue weighted by Gasteiger charge is 2.10. The summed E-state index contributed by atoms with van der Waals surface area (Å²) in [7, 11) is 0. The van der Waals surface area contributed by atoms with Gasteiger partial charge >= 0.3 is 0 Å². The summed E-state index contributed by atoms with van der Waals surface area (Å²) in [6, 6.07) is 5.72. The van der Waals surface area contributed by atoms with E-state index in [9.17, 15) is 9.90 Å². The molecular formula is C12H16O2S. The van der Waals surface area contributed by atoms with Crippen molar-refractivity contribution >= 4 is 18.0 Å². The Morgan fingerprint density at radius 2 is 2.07 bits per heavy atom. The monoisotopic (exact) mass is 224 g/mol. The van der Waals surface area contributed by atoms with Gasteiger partial charge in [-0.05, 0) is 31.5 Å². The van der Waals surface area contributed by atoms with Crippen molar-refractivity contribution in [3.05, 3.63) is 29.3 Å². The Hall–Kier alpha value is -0.800. The predicted molar refractivity (Wildman–Crippen MR) is 63.6 cm³/mol. The highest BCUT2D eigenvalue weighted by atomic mass is 32.2. The second kappa shape index (κ2) is 5.33. The zero-order chi connectivity index (χ0) is 11.4. The van der Waals surface area contributed by atoms with Crippen LogP contribution in [0.5, 0.6) is 0 Å². The Morgan fingerprint density at radius 3 is 2.53 bits per heavy atom. The number of carbonyl (C=O) groups excluding carboxylic acids is 1. The number of hydrogen-bond acceptors (Lipinski definition) is 3. The number of aliphatic hydroxyl groups is 1. The number of aryl methyl sites for hydroxylation is 1. The standard InChI is InChI=1S/C12H16O2S/c1-8-6-12(5-4-11(8)7-13)15-10(3)9(2)14/h4-7,9-10,14H,1-3H3. The Bertz CT molecular complexity index is 347. The first-order valence-electron chi connectivity index (χ1n) is 4.95. The number of thioether (sulfide) groups is 1. The van der Waals surface area contributed by atoms with Gasteiger partial charge in [0, 0.05) is 15.7 Å². The second-order valence-electron chi connectivity index (χ2n) is 3.70. The number of aldehydes is 1. The molecule has 0 heterocycles. The third-order valence-electron chi connectivity index (χ3n) is 2.37. The van der Waals surface area contributed by atoms with Gasteiger partial charge in [-0.1, -0.05) is 13.0 Å². The lowest BCUT2D eigenvalue weighted by Crippen LogP contribution is -2.14. The lowest BCUT2D eigenvalue weighted by molar-refractivity contribution is 0.112. The van der Waals surface area contributed by atoms with Crippen LogP contribution in [0.15, 0.2) is 23.1 Å². The summed E-state index contributed by atoms with van der Waals surface area (Å²) in [5.74, 6) is 0. The van der Waals surface area contributed by atoms with E-state index in [1.165, 1.54) is 0 Å². The molecule has 0 aromatic heterocycles. The number of rotatable bonds is 4. The molecule has 2 unspecified atom stereocenters. The summed E-state index contributed by atoms with van der Waals surface area (Å²) in [5.41, 5.74) is 1.71. The van der Waals surface area contributed by atoms with E-state index < -0.39 is 0 Å². The van der Waals surface area contributed by atoms with E-state index in [0.717, 1.165) is 22.3 Å². The van der Waals surface area contributed by atoms with Gasteiger partial charge in [0.1, 0.15) is 6.29 Å². The summed E-state index contributed by atoms with van der Waals surface area (Å²) >= 11 is 1.62. The average molecular weight is 224 g/mol. The van der Waals surface area contributed by atoms with Crippen molar-refractivity contribution in [3.8, 4) is 0 Å².